The van der Waals surface area contributed by atoms with E-state index in [1.54, 1.807) is 0 Å². The van der Waals surface area contributed by atoms with Crippen molar-refractivity contribution >= 4 is 5.96 Å². The van der Waals surface area contributed by atoms with Crippen LogP contribution in [0, 0.1) is 5.92 Å². The minimum absolute atomic E-state index is 0.634. The predicted octanol–water partition coefficient (Wildman–Crippen LogP) is 2.14. The monoisotopic (exact) mass is 362 g/mol. The number of rotatable bonds is 9. The van der Waals surface area contributed by atoms with Crippen LogP contribution in [-0.4, -0.2) is 64.3 Å². The first-order valence-corrected chi connectivity index (χ1v) is 9.67. The average molecular weight is 363 g/mol. The highest BCUT2D eigenvalue weighted by Crippen LogP contribution is 2.28. The Hall–Kier alpha value is -1.95. The second-order valence-corrected chi connectivity index (χ2v) is 6.69. The number of ether oxygens (including phenoxy) is 2. The summed E-state index contributed by atoms with van der Waals surface area (Å²) in [6.07, 6.45) is 2.16. The minimum Gasteiger partial charge on any atom is -0.490 e. The summed E-state index contributed by atoms with van der Waals surface area (Å²) in [5.41, 5.74) is 1.22. The van der Waals surface area contributed by atoms with Gasteiger partial charge in [-0.2, -0.15) is 0 Å². The molecule has 0 saturated carbocycles. The lowest BCUT2D eigenvalue weighted by atomic mass is 10.1. The van der Waals surface area contributed by atoms with Crippen LogP contribution in [0.3, 0.4) is 0 Å². The summed E-state index contributed by atoms with van der Waals surface area (Å²) in [7, 11) is 4.00. The quantitative estimate of drug-likeness (QED) is 0.521. The molecule has 0 spiro atoms. The number of hydrogen-bond donors (Lipinski definition) is 2. The lowest BCUT2D eigenvalue weighted by Crippen LogP contribution is -2.41. The summed E-state index contributed by atoms with van der Waals surface area (Å²) in [4.78, 5) is 6.70. The number of likely N-dealkylation sites (tertiary alicyclic amines) is 1. The highest BCUT2D eigenvalue weighted by Gasteiger charge is 2.19. The molecule has 6 nitrogen and oxygen atoms in total. The van der Waals surface area contributed by atoms with E-state index in [2.05, 4.69) is 39.7 Å². The Morgan fingerprint density at radius 1 is 1.19 bits per heavy atom. The summed E-state index contributed by atoms with van der Waals surface area (Å²) < 4.78 is 11.3. The topological polar surface area (TPSA) is 58.1 Å². The van der Waals surface area contributed by atoms with E-state index in [-0.39, 0.29) is 0 Å². The Labute approximate surface area is 158 Å². The molecular formula is C20H34N4O2. The van der Waals surface area contributed by atoms with Crippen molar-refractivity contribution in [2.24, 2.45) is 10.9 Å². The van der Waals surface area contributed by atoms with Crippen LogP contribution < -0.4 is 20.1 Å². The summed E-state index contributed by atoms with van der Waals surface area (Å²) in [6, 6.07) is 6.16. The zero-order valence-electron chi connectivity index (χ0n) is 16.7. The number of benzene rings is 1. The molecule has 1 aromatic rings. The van der Waals surface area contributed by atoms with Gasteiger partial charge in [-0.3, -0.25) is 4.99 Å². The van der Waals surface area contributed by atoms with Crippen LogP contribution in [-0.2, 0) is 6.42 Å². The predicted molar refractivity (Wildman–Crippen MR) is 107 cm³/mol. The summed E-state index contributed by atoms with van der Waals surface area (Å²) in [5.74, 6) is 3.21. The third-order valence-corrected chi connectivity index (χ3v) is 4.58. The fraction of sp³-hybridized carbons (Fsp3) is 0.650. The Morgan fingerprint density at radius 2 is 1.96 bits per heavy atom. The Kier molecular flexibility index (Phi) is 8.54. The number of aliphatic imine (C=N–C) groups is 1. The van der Waals surface area contributed by atoms with Gasteiger partial charge >= 0.3 is 0 Å². The van der Waals surface area contributed by atoms with Crippen molar-refractivity contribution in [2.75, 3.05) is 53.5 Å². The van der Waals surface area contributed by atoms with Crippen LogP contribution in [0.15, 0.2) is 23.2 Å². The van der Waals surface area contributed by atoms with E-state index < -0.39 is 0 Å². The van der Waals surface area contributed by atoms with Gasteiger partial charge in [0.1, 0.15) is 0 Å². The molecule has 0 amide bonds. The second kappa shape index (κ2) is 10.9. The lowest BCUT2D eigenvalue weighted by molar-refractivity contribution is 0.287. The highest BCUT2D eigenvalue weighted by atomic mass is 16.5. The minimum atomic E-state index is 0.634. The lowest BCUT2D eigenvalue weighted by Gasteiger charge is -2.16. The largest absolute Gasteiger partial charge is 0.490 e. The molecule has 1 aromatic carbocycles. The normalized spacial score (nSPS) is 18.0. The number of guanidine groups is 1. The number of nitrogens with one attached hydrogen (secondary N) is 2. The molecule has 1 heterocycles. The van der Waals surface area contributed by atoms with Crippen molar-refractivity contribution in [1.82, 2.24) is 15.5 Å². The molecule has 2 rings (SSSR count). The fourth-order valence-electron chi connectivity index (χ4n) is 3.23. The van der Waals surface area contributed by atoms with E-state index in [1.807, 2.05) is 27.0 Å². The van der Waals surface area contributed by atoms with Gasteiger partial charge in [-0.1, -0.05) is 6.07 Å². The van der Waals surface area contributed by atoms with Gasteiger partial charge in [0.15, 0.2) is 17.5 Å². The van der Waals surface area contributed by atoms with Crippen LogP contribution in [0.25, 0.3) is 0 Å². The Morgan fingerprint density at radius 3 is 2.62 bits per heavy atom. The van der Waals surface area contributed by atoms with Gasteiger partial charge in [0.25, 0.3) is 0 Å². The van der Waals surface area contributed by atoms with Crippen molar-refractivity contribution < 1.29 is 9.47 Å². The van der Waals surface area contributed by atoms with Crippen LogP contribution in [0.4, 0.5) is 0 Å². The van der Waals surface area contributed by atoms with Crippen LogP contribution in [0.1, 0.15) is 25.8 Å². The molecule has 1 unspecified atom stereocenters. The summed E-state index contributed by atoms with van der Waals surface area (Å²) in [5, 5.41) is 6.84. The van der Waals surface area contributed by atoms with Gasteiger partial charge in [0.05, 0.1) is 13.2 Å². The van der Waals surface area contributed by atoms with Gasteiger partial charge < -0.3 is 25.0 Å². The van der Waals surface area contributed by atoms with Crippen LogP contribution >= 0.6 is 0 Å². The molecule has 2 N–H and O–H groups in total. The molecule has 1 aliphatic heterocycles. The first kappa shape index (κ1) is 20.4. The van der Waals surface area contributed by atoms with E-state index in [1.165, 1.54) is 18.5 Å². The van der Waals surface area contributed by atoms with Crippen molar-refractivity contribution in [2.45, 2.75) is 26.7 Å². The van der Waals surface area contributed by atoms with Gasteiger partial charge in [0.2, 0.25) is 0 Å². The van der Waals surface area contributed by atoms with Crippen molar-refractivity contribution in [3.8, 4) is 11.5 Å². The Bertz CT molecular complexity index is 577. The maximum Gasteiger partial charge on any atom is 0.190 e. The first-order valence-electron chi connectivity index (χ1n) is 9.67. The molecule has 0 bridgehead atoms. The smallest absolute Gasteiger partial charge is 0.190 e. The molecular weight excluding hydrogens is 328 g/mol. The maximum atomic E-state index is 5.70. The third-order valence-electron chi connectivity index (χ3n) is 4.58. The summed E-state index contributed by atoms with van der Waals surface area (Å²) in [6.45, 7) is 9.39. The van der Waals surface area contributed by atoms with Gasteiger partial charge in [-0.05, 0) is 63.9 Å². The zero-order chi connectivity index (χ0) is 18.8. The van der Waals surface area contributed by atoms with E-state index >= 15 is 0 Å². The van der Waals surface area contributed by atoms with Crippen LogP contribution in [0.2, 0.25) is 0 Å². The molecule has 0 aliphatic carbocycles. The Balaban J connectivity index is 1.79. The SMILES string of the molecule is CCOc1ccc(CCNC(=NC)NCC2CCN(C)C2)cc1OCC. The van der Waals surface area contributed by atoms with Gasteiger partial charge in [-0.15, -0.1) is 0 Å². The second-order valence-electron chi connectivity index (χ2n) is 6.69. The number of nitrogens with zero attached hydrogens (tertiary/aromatic N) is 2. The molecule has 1 fully saturated rings. The molecule has 1 atom stereocenters. The van der Waals surface area contributed by atoms with Gasteiger partial charge in [-0.25, -0.2) is 0 Å². The molecule has 26 heavy (non-hydrogen) atoms. The fourth-order valence-corrected chi connectivity index (χ4v) is 3.23. The van der Waals surface area contributed by atoms with Gasteiger partial charge in [0, 0.05) is 26.7 Å². The van der Waals surface area contributed by atoms with Crippen molar-refractivity contribution in [3.63, 3.8) is 0 Å². The van der Waals surface area contributed by atoms with Crippen molar-refractivity contribution in [1.29, 1.82) is 0 Å². The molecule has 1 saturated heterocycles. The van der Waals surface area contributed by atoms with E-state index in [0.717, 1.165) is 43.5 Å². The highest BCUT2D eigenvalue weighted by molar-refractivity contribution is 5.79. The molecule has 6 heteroatoms. The third kappa shape index (κ3) is 6.41. The average Bonchev–Trinajstić information content (AvgIpc) is 3.05. The molecule has 0 radical (unpaired) electrons. The number of hydrogen-bond acceptors (Lipinski definition) is 4. The molecule has 0 aromatic heterocycles. The standard InChI is InChI=1S/C20H34N4O2/c1-5-25-18-8-7-16(13-19(18)26-6-2)9-11-22-20(21-3)23-14-17-10-12-24(4)15-17/h7-8,13,17H,5-6,9-12,14-15H2,1-4H3,(H2,21,22,23). The first-order chi connectivity index (χ1) is 12.7. The van der Waals surface area contributed by atoms with E-state index in [9.17, 15) is 0 Å². The van der Waals surface area contributed by atoms with Crippen LogP contribution in [0.5, 0.6) is 11.5 Å². The van der Waals surface area contributed by atoms with E-state index in [4.69, 9.17) is 9.47 Å². The van der Waals surface area contributed by atoms with Crippen molar-refractivity contribution in [3.05, 3.63) is 23.8 Å². The summed E-state index contributed by atoms with van der Waals surface area (Å²) >= 11 is 0. The molecule has 146 valence electrons. The van der Waals surface area contributed by atoms with E-state index in [0.29, 0.717) is 19.1 Å². The molecule has 1 aliphatic rings. The maximum absolute atomic E-state index is 5.70. The zero-order valence-corrected chi connectivity index (χ0v) is 16.7.